The fraction of sp³-hybridized carbons (Fsp3) is 0.429. The van der Waals surface area contributed by atoms with E-state index in [4.69, 9.17) is 0 Å². The van der Waals surface area contributed by atoms with Gasteiger partial charge in [0.1, 0.15) is 0 Å². The van der Waals surface area contributed by atoms with Crippen LogP contribution in [-0.2, 0) is 12.8 Å². The van der Waals surface area contributed by atoms with Gasteiger partial charge in [-0.2, -0.15) is 0 Å². The first-order valence-electron chi connectivity index (χ1n) is 8.87. The van der Waals surface area contributed by atoms with E-state index in [9.17, 15) is 0 Å². The summed E-state index contributed by atoms with van der Waals surface area (Å²) in [4.78, 5) is 1.59. The van der Waals surface area contributed by atoms with Crippen LogP contribution in [0.3, 0.4) is 0 Å². The maximum Gasteiger partial charge on any atom is 0.0345 e. The highest BCUT2D eigenvalue weighted by atomic mass is 32.2. The molecular formula is C21H24S2. The second-order valence-corrected chi connectivity index (χ2v) is 8.94. The van der Waals surface area contributed by atoms with Gasteiger partial charge in [-0.1, -0.05) is 36.8 Å². The maximum absolute atomic E-state index is 2.44. The van der Waals surface area contributed by atoms with Gasteiger partial charge in [0.05, 0.1) is 0 Å². The zero-order valence-corrected chi connectivity index (χ0v) is 15.4. The predicted molar refractivity (Wildman–Crippen MR) is 106 cm³/mol. The molecule has 0 bridgehead atoms. The summed E-state index contributed by atoms with van der Waals surface area (Å²) in [7, 11) is 0. The molecule has 2 heteroatoms. The first-order chi connectivity index (χ1) is 11.3. The molecule has 1 aliphatic carbocycles. The average Bonchev–Trinajstić information content (AvgIpc) is 3.17. The minimum absolute atomic E-state index is 0.832. The summed E-state index contributed by atoms with van der Waals surface area (Å²) in [6.07, 6.45) is 13.7. The van der Waals surface area contributed by atoms with Crippen molar-refractivity contribution in [3.63, 3.8) is 0 Å². The lowest BCUT2D eigenvalue weighted by molar-refractivity contribution is 0.687. The largest absolute Gasteiger partial charge is 0.144 e. The maximum atomic E-state index is 2.44. The number of benzene rings is 1. The molecule has 2 aliphatic rings. The van der Waals surface area contributed by atoms with Gasteiger partial charge in [-0.25, -0.2) is 0 Å². The molecule has 1 unspecified atom stereocenters. The molecule has 2 aromatic rings. The Kier molecular flexibility index (Phi) is 4.64. The molecule has 0 nitrogen and oxygen atoms in total. The second-order valence-electron chi connectivity index (χ2n) is 6.69. The first kappa shape index (κ1) is 15.5. The highest BCUT2D eigenvalue weighted by Gasteiger charge is 2.24. The van der Waals surface area contributed by atoms with Crippen LogP contribution in [-0.4, -0.2) is 5.25 Å². The van der Waals surface area contributed by atoms with Crippen LogP contribution < -0.4 is 0 Å². The summed E-state index contributed by atoms with van der Waals surface area (Å²) in [6.45, 7) is 2.26. The monoisotopic (exact) mass is 340 g/mol. The van der Waals surface area contributed by atoms with Crippen LogP contribution in [0.25, 0.3) is 10.1 Å². The predicted octanol–water partition coefficient (Wildman–Crippen LogP) is 6.90. The Morgan fingerprint density at radius 1 is 1.26 bits per heavy atom. The van der Waals surface area contributed by atoms with Crippen molar-refractivity contribution in [3.05, 3.63) is 57.3 Å². The van der Waals surface area contributed by atoms with Gasteiger partial charge in [0.25, 0.3) is 0 Å². The highest BCUT2D eigenvalue weighted by Crippen LogP contribution is 2.44. The topological polar surface area (TPSA) is 0 Å². The SMILES string of the molecule is CCc1csc2ccc(CCCC3CC4=C(C=CCC4)S3)cc12. The smallest absolute Gasteiger partial charge is 0.0345 e. The van der Waals surface area contributed by atoms with E-state index in [1.807, 2.05) is 11.3 Å². The van der Waals surface area contributed by atoms with Gasteiger partial charge in [-0.15, -0.1) is 23.1 Å². The number of hydrogen-bond acceptors (Lipinski definition) is 2. The van der Waals surface area contributed by atoms with E-state index < -0.39 is 0 Å². The first-order valence-corrected chi connectivity index (χ1v) is 10.6. The number of hydrogen-bond donors (Lipinski definition) is 0. The van der Waals surface area contributed by atoms with Crippen molar-refractivity contribution in [2.45, 2.75) is 57.1 Å². The highest BCUT2D eigenvalue weighted by molar-refractivity contribution is 8.04. The van der Waals surface area contributed by atoms with Crippen molar-refractivity contribution in [1.82, 2.24) is 0 Å². The van der Waals surface area contributed by atoms with Crippen LogP contribution in [0.15, 0.2) is 46.2 Å². The summed E-state index contributed by atoms with van der Waals surface area (Å²) in [5.74, 6) is 0. The normalized spacial score (nSPS) is 20.5. The molecule has 2 heterocycles. The fourth-order valence-electron chi connectivity index (χ4n) is 3.76. The zero-order valence-electron chi connectivity index (χ0n) is 13.8. The standard InChI is InChI=1S/C21H24S2/c1-2-16-14-22-21-11-10-15(12-19(16)21)6-5-8-18-13-17-7-3-4-9-20(17)23-18/h4,9-12,14,18H,2-3,5-8,13H2,1H3. The van der Waals surface area contributed by atoms with E-state index in [2.05, 4.69) is 54.4 Å². The lowest BCUT2D eigenvalue weighted by Crippen LogP contribution is -1.99. The molecule has 1 aromatic carbocycles. The van der Waals surface area contributed by atoms with Gasteiger partial charge in [0, 0.05) is 14.9 Å². The van der Waals surface area contributed by atoms with Crippen molar-refractivity contribution >= 4 is 33.2 Å². The van der Waals surface area contributed by atoms with Crippen molar-refractivity contribution in [2.24, 2.45) is 0 Å². The molecule has 1 aliphatic heterocycles. The minimum atomic E-state index is 0.832. The number of aryl methyl sites for hydroxylation is 2. The van der Waals surface area contributed by atoms with Gasteiger partial charge in [-0.3, -0.25) is 0 Å². The fourth-order valence-corrected chi connectivity index (χ4v) is 6.24. The summed E-state index contributed by atoms with van der Waals surface area (Å²) in [6, 6.07) is 7.11. The van der Waals surface area contributed by atoms with Crippen LogP contribution in [0.5, 0.6) is 0 Å². The number of thiophene rings is 1. The van der Waals surface area contributed by atoms with E-state index in [1.165, 1.54) is 59.7 Å². The van der Waals surface area contributed by atoms with Crippen molar-refractivity contribution < 1.29 is 0 Å². The van der Waals surface area contributed by atoms with Gasteiger partial charge in [0.15, 0.2) is 0 Å². The van der Waals surface area contributed by atoms with Crippen LogP contribution in [0.2, 0.25) is 0 Å². The molecule has 0 saturated heterocycles. The molecule has 120 valence electrons. The van der Waals surface area contributed by atoms with E-state index >= 15 is 0 Å². The average molecular weight is 341 g/mol. The van der Waals surface area contributed by atoms with Gasteiger partial charge < -0.3 is 0 Å². The molecule has 1 atom stereocenters. The summed E-state index contributed by atoms with van der Waals surface area (Å²) in [5.41, 5.74) is 4.77. The second kappa shape index (κ2) is 6.86. The number of thioether (sulfide) groups is 1. The van der Waals surface area contributed by atoms with Crippen LogP contribution in [0.4, 0.5) is 0 Å². The Morgan fingerprint density at radius 2 is 2.22 bits per heavy atom. The van der Waals surface area contributed by atoms with Crippen molar-refractivity contribution in [2.75, 3.05) is 0 Å². The molecule has 4 rings (SSSR count). The Morgan fingerprint density at radius 3 is 3.09 bits per heavy atom. The van der Waals surface area contributed by atoms with Crippen LogP contribution in [0.1, 0.15) is 50.2 Å². The molecule has 0 N–H and O–H groups in total. The zero-order chi connectivity index (χ0) is 15.6. The van der Waals surface area contributed by atoms with Crippen LogP contribution in [0, 0.1) is 0 Å². The molecule has 0 saturated carbocycles. The molecule has 0 radical (unpaired) electrons. The van der Waals surface area contributed by atoms with Gasteiger partial charge in [-0.05, 0) is 72.9 Å². The van der Waals surface area contributed by atoms with Crippen molar-refractivity contribution in [3.8, 4) is 0 Å². The molecule has 0 spiro atoms. The molecular weight excluding hydrogens is 316 g/mol. The lowest BCUT2D eigenvalue weighted by atomic mass is 9.98. The molecule has 0 amide bonds. The van der Waals surface area contributed by atoms with E-state index in [1.54, 1.807) is 10.5 Å². The Balaban J connectivity index is 1.34. The van der Waals surface area contributed by atoms with E-state index in [0.29, 0.717) is 0 Å². The summed E-state index contributed by atoms with van der Waals surface area (Å²) < 4.78 is 1.45. The quantitative estimate of drug-likeness (QED) is 0.570. The minimum Gasteiger partial charge on any atom is -0.144 e. The Labute approximate surface area is 147 Å². The number of rotatable bonds is 5. The third-order valence-electron chi connectivity index (χ3n) is 5.09. The Hall–Kier alpha value is -0.990. The van der Waals surface area contributed by atoms with Gasteiger partial charge in [0.2, 0.25) is 0 Å². The van der Waals surface area contributed by atoms with Gasteiger partial charge >= 0.3 is 0 Å². The third kappa shape index (κ3) is 3.29. The van der Waals surface area contributed by atoms with Crippen molar-refractivity contribution in [1.29, 1.82) is 0 Å². The van der Waals surface area contributed by atoms with E-state index in [0.717, 1.165) is 11.7 Å². The van der Waals surface area contributed by atoms with E-state index in [-0.39, 0.29) is 0 Å². The third-order valence-corrected chi connectivity index (χ3v) is 7.52. The molecule has 0 fully saturated rings. The lowest BCUT2D eigenvalue weighted by Gasteiger charge is -2.09. The molecule has 1 aromatic heterocycles. The summed E-state index contributed by atoms with van der Waals surface area (Å²) in [5, 5.41) is 4.65. The Bertz CT molecular complexity index is 763. The van der Waals surface area contributed by atoms with Crippen LogP contribution >= 0.6 is 23.1 Å². The number of allylic oxidation sites excluding steroid dienone is 3. The summed E-state index contributed by atoms with van der Waals surface area (Å²) >= 11 is 4.02. The molecule has 23 heavy (non-hydrogen) atoms. The number of fused-ring (bicyclic) bond motifs is 1.